The molecule has 0 aliphatic carbocycles. The van der Waals surface area contributed by atoms with Crippen molar-refractivity contribution in [1.82, 2.24) is 4.98 Å². The number of rotatable bonds is 0. The molecule has 0 bridgehead atoms. The molecule has 2 aromatic rings. The second-order valence-electron chi connectivity index (χ2n) is 2.43. The third-order valence-electron chi connectivity index (χ3n) is 1.64. The van der Waals surface area contributed by atoms with Crippen molar-refractivity contribution in [2.45, 2.75) is 0 Å². The van der Waals surface area contributed by atoms with E-state index >= 15 is 0 Å². The van der Waals surface area contributed by atoms with E-state index in [0.717, 1.165) is 14.7 Å². The van der Waals surface area contributed by atoms with Gasteiger partial charge in [-0.15, -0.1) is 0 Å². The lowest BCUT2D eigenvalue weighted by Crippen LogP contribution is -1.79. The van der Waals surface area contributed by atoms with Crippen LogP contribution in [-0.2, 0) is 0 Å². The van der Waals surface area contributed by atoms with E-state index in [1.54, 1.807) is 6.07 Å². The van der Waals surface area contributed by atoms with Crippen LogP contribution in [0.3, 0.4) is 0 Å². The van der Waals surface area contributed by atoms with Gasteiger partial charge in [0.15, 0.2) is 5.13 Å². The van der Waals surface area contributed by atoms with Gasteiger partial charge in [0.2, 0.25) is 0 Å². The molecule has 0 saturated heterocycles. The van der Waals surface area contributed by atoms with Crippen LogP contribution in [0, 0.1) is 11.3 Å². The summed E-state index contributed by atoms with van der Waals surface area (Å²) < 4.78 is 1.63. The van der Waals surface area contributed by atoms with Crippen LogP contribution in [-0.4, -0.2) is 4.98 Å². The Kier molecular flexibility index (Phi) is 1.94. The highest BCUT2D eigenvalue weighted by molar-refractivity contribution is 9.10. The summed E-state index contributed by atoms with van der Waals surface area (Å²) in [5.41, 5.74) is 6.93. The zero-order valence-corrected chi connectivity index (χ0v) is 8.82. The van der Waals surface area contributed by atoms with Crippen LogP contribution in [0.25, 0.3) is 10.2 Å². The summed E-state index contributed by atoms with van der Waals surface area (Å²) in [6.45, 7) is 0. The summed E-state index contributed by atoms with van der Waals surface area (Å²) in [5, 5.41) is 9.37. The Balaban J connectivity index is 2.93. The summed E-state index contributed by atoms with van der Waals surface area (Å²) >= 11 is 4.63. The molecule has 3 nitrogen and oxygen atoms in total. The molecule has 5 heteroatoms. The average molecular weight is 254 g/mol. The maximum Gasteiger partial charge on any atom is 0.181 e. The van der Waals surface area contributed by atoms with Crippen molar-refractivity contribution < 1.29 is 0 Å². The van der Waals surface area contributed by atoms with Crippen LogP contribution in [0.15, 0.2) is 16.6 Å². The van der Waals surface area contributed by atoms with E-state index in [1.165, 1.54) is 11.3 Å². The lowest BCUT2D eigenvalue weighted by molar-refractivity contribution is 1.47. The number of hydrogen-bond acceptors (Lipinski definition) is 4. The maximum absolute atomic E-state index is 8.88. The lowest BCUT2D eigenvalue weighted by atomic mass is 10.2. The summed E-state index contributed by atoms with van der Waals surface area (Å²) in [6.07, 6.45) is 0. The Morgan fingerprint density at radius 1 is 1.54 bits per heavy atom. The number of fused-ring (bicyclic) bond motifs is 1. The lowest BCUT2D eigenvalue weighted by Gasteiger charge is -1.93. The van der Waals surface area contributed by atoms with Crippen LogP contribution in [0.1, 0.15) is 5.56 Å². The van der Waals surface area contributed by atoms with E-state index in [1.807, 2.05) is 6.07 Å². The van der Waals surface area contributed by atoms with Gasteiger partial charge in [-0.2, -0.15) is 5.26 Å². The summed E-state index contributed by atoms with van der Waals surface area (Å²) in [4.78, 5) is 4.09. The Morgan fingerprint density at radius 2 is 2.31 bits per heavy atom. The van der Waals surface area contributed by atoms with Crippen molar-refractivity contribution >= 4 is 42.6 Å². The third-order valence-corrected chi connectivity index (χ3v) is 3.21. The SMILES string of the molecule is N#Cc1c(Br)ccc2nc(N)sc12. The monoisotopic (exact) mass is 253 g/mol. The van der Waals surface area contributed by atoms with E-state index in [2.05, 4.69) is 27.0 Å². The summed E-state index contributed by atoms with van der Waals surface area (Å²) in [6, 6.07) is 5.77. The minimum atomic E-state index is 0.490. The molecule has 64 valence electrons. The molecule has 13 heavy (non-hydrogen) atoms. The van der Waals surface area contributed by atoms with Gasteiger partial charge in [0.05, 0.1) is 15.8 Å². The summed E-state index contributed by atoms with van der Waals surface area (Å²) in [7, 11) is 0. The highest BCUT2D eigenvalue weighted by Gasteiger charge is 2.08. The van der Waals surface area contributed by atoms with Gasteiger partial charge in [-0.3, -0.25) is 0 Å². The van der Waals surface area contributed by atoms with Gasteiger partial charge in [0, 0.05) is 4.47 Å². The van der Waals surface area contributed by atoms with Gasteiger partial charge in [0.1, 0.15) is 6.07 Å². The Hall–Kier alpha value is -1.12. The van der Waals surface area contributed by atoms with Crippen molar-refractivity contribution in [3.05, 3.63) is 22.2 Å². The molecule has 2 N–H and O–H groups in total. The van der Waals surface area contributed by atoms with E-state index in [9.17, 15) is 0 Å². The molecular weight excluding hydrogens is 250 g/mol. The smallest absolute Gasteiger partial charge is 0.181 e. The van der Waals surface area contributed by atoms with Crippen molar-refractivity contribution in [3.8, 4) is 6.07 Å². The molecule has 0 unspecified atom stereocenters. The number of benzene rings is 1. The highest BCUT2D eigenvalue weighted by atomic mass is 79.9. The fourth-order valence-electron chi connectivity index (χ4n) is 1.09. The first-order valence-corrected chi connectivity index (χ1v) is 5.08. The second-order valence-corrected chi connectivity index (χ2v) is 4.32. The molecule has 0 aliphatic rings. The Labute approximate surface area is 86.9 Å². The predicted molar refractivity (Wildman–Crippen MR) is 56.4 cm³/mol. The fraction of sp³-hybridized carbons (Fsp3) is 0. The number of nitrogens with two attached hydrogens (primary N) is 1. The first kappa shape index (κ1) is 8.48. The number of halogens is 1. The van der Waals surface area contributed by atoms with Crippen molar-refractivity contribution in [2.24, 2.45) is 0 Å². The van der Waals surface area contributed by atoms with E-state index in [0.29, 0.717) is 10.7 Å². The topological polar surface area (TPSA) is 62.7 Å². The number of thiazole rings is 1. The van der Waals surface area contributed by atoms with E-state index in [4.69, 9.17) is 11.0 Å². The molecule has 0 fully saturated rings. The quantitative estimate of drug-likeness (QED) is 0.785. The Bertz CT molecular complexity index is 512. The Morgan fingerprint density at radius 3 is 3.00 bits per heavy atom. The fourth-order valence-corrected chi connectivity index (χ4v) is 2.47. The van der Waals surface area contributed by atoms with E-state index in [-0.39, 0.29) is 0 Å². The van der Waals surface area contributed by atoms with Gasteiger partial charge in [0.25, 0.3) is 0 Å². The zero-order chi connectivity index (χ0) is 9.42. The molecule has 0 radical (unpaired) electrons. The van der Waals surface area contributed by atoms with E-state index < -0.39 is 0 Å². The van der Waals surface area contributed by atoms with Crippen molar-refractivity contribution in [1.29, 1.82) is 5.26 Å². The minimum absolute atomic E-state index is 0.490. The zero-order valence-electron chi connectivity index (χ0n) is 6.41. The van der Waals surface area contributed by atoms with Crippen LogP contribution in [0.5, 0.6) is 0 Å². The summed E-state index contributed by atoms with van der Waals surface area (Å²) in [5.74, 6) is 0. The normalized spacial score (nSPS) is 10.2. The highest BCUT2D eigenvalue weighted by Crippen LogP contribution is 2.31. The number of hydrogen-bond donors (Lipinski definition) is 1. The van der Waals surface area contributed by atoms with Gasteiger partial charge in [-0.1, -0.05) is 11.3 Å². The van der Waals surface area contributed by atoms with Gasteiger partial charge >= 0.3 is 0 Å². The largest absolute Gasteiger partial charge is 0.375 e. The number of anilines is 1. The van der Waals surface area contributed by atoms with Gasteiger partial charge in [-0.25, -0.2) is 4.98 Å². The molecule has 1 aromatic carbocycles. The molecular formula is C8H4BrN3S. The molecule has 0 atom stereocenters. The first-order chi connectivity index (χ1) is 6.22. The molecule has 1 aromatic heterocycles. The molecule has 0 amide bonds. The number of aromatic nitrogens is 1. The molecule has 0 aliphatic heterocycles. The minimum Gasteiger partial charge on any atom is -0.375 e. The van der Waals surface area contributed by atoms with Crippen molar-refractivity contribution in [3.63, 3.8) is 0 Å². The number of nitrogen functional groups attached to an aromatic ring is 1. The maximum atomic E-state index is 8.88. The standard InChI is InChI=1S/C8H4BrN3S/c9-5-1-2-6-7(4(5)3-10)13-8(11)12-6/h1-2H,(H2,11,12). The number of nitrogens with zero attached hydrogens (tertiary/aromatic N) is 2. The van der Waals surface area contributed by atoms with Gasteiger partial charge < -0.3 is 5.73 Å². The first-order valence-electron chi connectivity index (χ1n) is 3.47. The predicted octanol–water partition coefficient (Wildman–Crippen LogP) is 2.51. The van der Waals surface area contributed by atoms with Crippen LogP contribution < -0.4 is 5.73 Å². The van der Waals surface area contributed by atoms with Crippen LogP contribution in [0.2, 0.25) is 0 Å². The molecule has 1 heterocycles. The average Bonchev–Trinajstić information content (AvgIpc) is 2.45. The second kappa shape index (κ2) is 2.98. The molecule has 0 spiro atoms. The van der Waals surface area contributed by atoms with Crippen LogP contribution in [0.4, 0.5) is 5.13 Å². The molecule has 2 rings (SSSR count). The number of nitriles is 1. The van der Waals surface area contributed by atoms with Crippen molar-refractivity contribution in [2.75, 3.05) is 5.73 Å². The molecule has 0 saturated carbocycles. The van der Waals surface area contributed by atoms with Gasteiger partial charge in [-0.05, 0) is 28.1 Å². The van der Waals surface area contributed by atoms with Crippen LogP contribution >= 0.6 is 27.3 Å². The third kappa shape index (κ3) is 1.28.